The van der Waals surface area contributed by atoms with E-state index in [1.54, 1.807) is 0 Å². The van der Waals surface area contributed by atoms with Crippen LogP contribution in [0.25, 0.3) is 0 Å². The number of esters is 1. The Bertz CT molecular complexity index is 489. The lowest BCUT2D eigenvalue weighted by Gasteiger charge is -2.41. The molecular weight excluding hydrogens is 278 g/mol. The van der Waals surface area contributed by atoms with Crippen LogP contribution in [0.5, 0.6) is 0 Å². The van der Waals surface area contributed by atoms with Gasteiger partial charge >= 0.3 is 5.97 Å². The zero-order valence-corrected chi connectivity index (χ0v) is 13.3. The lowest BCUT2D eigenvalue weighted by Crippen LogP contribution is -2.52. The van der Waals surface area contributed by atoms with Gasteiger partial charge in [0.15, 0.2) is 0 Å². The quantitative estimate of drug-likeness (QED) is 0.854. The van der Waals surface area contributed by atoms with E-state index in [1.165, 1.54) is 38.7 Å². The molecule has 0 amide bonds. The van der Waals surface area contributed by atoms with E-state index in [-0.39, 0.29) is 5.97 Å². The highest BCUT2D eigenvalue weighted by Gasteiger charge is 2.25. The second-order valence-electron chi connectivity index (χ2n) is 6.04. The highest BCUT2D eigenvalue weighted by molar-refractivity contribution is 5.89. The van der Waals surface area contributed by atoms with Gasteiger partial charge in [0.2, 0.25) is 0 Å². The van der Waals surface area contributed by atoms with Crippen molar-refractivity contribution in [1.29, 1.82) is 0 Å². The Morgan fingerprint density at radius 3 is 2.32 bits per heavy atom. The highest BCUT2D eigenvalue weighted by atomic mass is 16.5. The van der Waals surface area contributed by atoms with E-state index in [1.807, 2.05) is 24.3 Å². The number of carbonyl (C=O) groups excluding carboxylic acids is 1. The molecule has 0 aliphatic carbocycles. The Balaban J connectivity index is 1.55. The van der Waals surface area contributed by atoms with Gasteiger partial charge in [-0.25, -0.2) is 4.79 Å². The lowest BCUT2D eigenvalue weighted by molar-refractivity contribution is 0.0601. The largest absolute Gasteiger partial charge is 0.465 e. The average molecular weight is 303 g/mol. The molecule has 0 aromatic heterocycles. The van der Waals surface area contributed by atoms with Gasteiger partial charge in [-0.05, 0) is 37.1 Å². The van der Waals surface area contributed by atoms with Gasteiger partial charge in [0.1, 0.15) is 0 Å². The summed E-state index contributed by atoms with van der Waals surface area (Å²) in [7, 11) is 1.41. The van der Waals surface area contributed by atoms with Crippen molar-refractivity contribution < 1.29 is 9.53 Å². The Hall–Kier alpha value is -1.59. The Morgan fingerprint density at radius 2 is 1.73 bits per heavy atom. The standard InChI is InChI=1S/C17H25N3O2/c1-22-17(21)14-2-4-15(5-3-14)19-10-6-16(7-11-19)20-12-8-18-9-13-20/h2-5,16,18H,6-13H2,1H3. The molecule has 120 valence electrons. The van der Waals surface area contributed by atoms with Crippen LogP contribution in [0.1, 0.15) is 23.2 Å². The first-order valence-corrected chi connectivity index (χ1v) is 8.16. The maximum atomic E-state index is 11.5. The molecular formula is C17H25N3O2. The van der Waals surface area contributed by atoms with Crippen molar-refractivity contribution in [3.05, 3.63) is 29.8 Å². The Kier molecular flexibility index (Phi) is 4.95. The van der Waals surface area contributed by atoms with Gasteiger partial charge in [-0.1, -0.05) is 0 Å². The topological polar surface area (TPSA) is 44.8 Å². The smallest absolute Gasteiger partial charge is 0.337 e. The number of hydrogen-bond acceptors (Lipinski definition) is 5. The third-order valence-corrected chi connectivity index (χ3v) is 4.79. The third kappa shape index (κ3) is 3.42. The van der Waals surface area contributed by atoms with Crippen LogP contribution in [0.4, 0.5) is 5.69 Å². The molecule has 1 N–H and O–H groups in total. The molecule has 0 unspecified atom stereocenters. The fraction of sp³-hybridized carbons (Fsp3) is 0.588. The second kappa shape index (κ2) is 7.11. The van der Waals surface area contributed by atoms with Gasteiger partial charge in [0.25, 0.3) is 0 Å². The fourth-order valence-electron chi connectivity index (χ4n) is 3.46. The molecule has 1 aromatic carbocycles. The van der Waals surface area contributed by atoms with E-state index in [4.69, 9.17) is 4.74 Å². The van der Waals surface area contributed by atoms with Gasteiger partial charge in [0, 0.05) is 51.0 Å². The molecule has 2 aliphatic heterocycles. The molecule has 5 nitrogen and oxygen atoms in total. The van der Waals surface area contributed by atoms with Crippen LogP contribution in [-0.4, -0.2) is 63.3 Å². The maximum Gasteiger partial charge on any atom is 0.337 e. The number of ether oxygens (including phenoxy) is 1. The van der Waals surface area contributed by atoms with Crippen molar-refractivity contribution in [2.75, 3.05) is 51.3 Å². The summed E-state index contributed by atoms with van der Waals surface area (Å²) in [5.74, 6) is -0.274. The number of benzene rings is 1. The molecule has 0 radical (unpaired) electrons. The first-order valence-electron chi connectivity index (χ1n) is 8.16. The summed E-state index contributed by atoms with van der Waals surface area (Å²) in [5, 5.41) is 3.42. The van der Waals surface area contributed by atoms with Crippen LogP contribution in [0.3, 0.4) is 0 Å². The molecule has 2 fully saturated rings. The molecule has 3 rings (SSSR count). The van der Waals surface area contributed by atoms with Crippen molar-refractivity contribution in [3.8, 4) is 0 Å². The molecule has 0 saturated carbocycles. The normalized spacial score (nSPS) is 20.9. The Labute approximate surface area is 132 Å². The third-order valence-electron chi connectivity index (χ3n) is 4.79. The zero-order chi connectivity index (χ0) is 15.4. The van der Waals surface area contributed by atoms with Crippen LogP contribution in [-0.2, 0) is 4.74 Å². The number of methoxy groups -OCH3 is 1. The number of piperidine rings is 1. The summed E-state index contributed by atoms with van der Waals surface area (Å²) in [6, 6.07) is 8.48. The fourth-order valence-corrected chi connectivity index (χ4v) is 3.46. The second-order valence-corrected chi connectivity index (χ2v) is 6.04. The van der Waals surface area contributed by atoms with Crippen molar-refractivity contribution in [3.63, 3.8) is 0 Å². The number of anilines is 1. The molecule has 2 saturated heterocycles. The van der Waals surface area contributed by atoms with E-state index >= 15 is 0 Å². The van der Waals surface area contributed by atoms with Crippen LogP contribution >= 0.6 is 0 Å². The predicted octanol–water partition coefficient (Wildman–Crippen LogP) is 1.35. The summed E-state index contributed by atoms with van der Waals surface area (Å²) in [4.78, 5) is 16.5. The molecule has 2 aliphatic rings. The van der Waals surface area contributed by atoms with E-state index in [0.29, 0.717) is 5.56 Å². The van der Waals surface area contributed by atoms with E-state index in [2.05, 4.69) is 15.1 Å². The molecule has 5 heteroatoms. The minimum Gasteiger partial charge on any atom is -0.465 e. The van der Waals surface area contributed by atoms with Crippen LogP contribution < -0.4 is 10.2 Å². The number of carbonyl (C=O) groups is 1. The first-order chi connectivity index (χ1) is 10.8. The molecule has 22 heavy (non-hydrogen) atoms. The van der Waals surface area contributed by atoms with Gasteiger partial charge < -0.3 is 15.0 Å². The van der Waals surface area contributed by atoms with Gasteiger partial charge in [-0.2, -0.15) is 0 Å². The van der Waals surface area contributed by atoms with E-state index in [0.717, 1.165) is 32.2 Å². The molecule has 2 heterocycles. The van der Waals surface area contributed by atoms with Crippen LogP contribution in [0.2, 0.25) is 0 Å². The Morgan fingerprint density at radius 1 is 1.09 bits per heavy atom. The predicted molar refractivity (Wildman–Crippen MR) is 87.5 cm³/mol. The number of hydrogen-bond donors (Lipinski definition) is 1. The number of piperazine rings is 1. The average Bonchev–Trinajstić information content (AvgIpc) is 2.62. The molecule has 0 bridgehead atoms. The van der Waals surface area contributed by atoms with Crippen molar-refractivity contribution in [2.45, 2.75) is 18.9 Å². The van der Waals surface area contributed by atoms with Gasteiger partial charge in [0.05, 0.1) is 12.7 Å². The number of nitrogens with one attached hydrogen (secondary N) is 1. The minimum atomic E-state index is -0.274. The van der Waals surface area contributed by atoms with Crippen molar-refractivity contribution in [2.24, 2.45) is 0 Å². The maximum absolute atomic E-state index is 11.5. The van der Waals surface area contributed by atoms with Crippen molar-refractivity contribution >= 4 is 11.7 Å². The first kappa shape index (κ1) is 15.3. The number of rotatable bonds is 3. The zero-order valence-electron chi connectivity index (χ0n) is 13.3. The van der Waals surface area contributed by atoms with Crippen molar-refractivity contribution in [1.82, 2.24) is 10.2 Å². The summed E-state index contributed by atoms with van der Waals surface area (Å²) < 4.78 is 4.74. The van der Waals surface area contributed by atoms with E-state index < -0.39 is 0 Å². The van der Waals surface area contributed by atoms with Crippen LogP contribution in [0, 0.1) is 0 Å². The SMILES string of the molecule is COC(=O)c1ccc(N2CCC(N3CCNCC3)CC2)cc1. The minimum absolute atomic E-state index is 0.274. The summed E-state index contributed by atoms with van der Waals surface area (Å²) in [5.41, 5.74) is 1.81. The summed E-state index contributed by atoms with van der Waals surface area (Å²) in [6.07, 6.45) is 2.44. The monoisotopic (exact) mass is 303 g/mol. The summed E-state index contributed by atoms with van der Waals surface area (Å²) >= 11 is 0. The lowest BCUT2D eigenvalue weighted by atomic mass is 10.0. The molecule has 0 atom stereocenters. The van der Waals surface area contributed by atoms with E-state index in [9.17, 15) is 4.79 Å². The molecule has 1 aromatic rings. The van der Waals surface area contributed by atoms with Gasteiger partial charge in [-0.3, -0.25) is 4.90 Å². The summed E-state index contributed by atoms with van der Waals surface area (Å²) in [6.45, 7) is 6.78. The van der Waals surface area contributed by atoms with Crippen LogP contribution in [0.15, 0.2) is 24.3 Å². The number of nitrogens with zero attached hydrogens (tertiary/aromatic N) is 2. The molecule has 0 spiro atoms. The highest BCUT2D eigenvalue weighted by Crippen LogP contribution is 2.23. The van der Waals surface area contributed by atoms with Gasteiger partial charge in [-0.15, -0.1) is 0 Å².